The summed E-state index contributed by atoms with van der Waals surface area (Å²) >= 11 is 0. The first-order valence-electron chi connectivity index (χ1n) is 10.9. The van der Waals surface area contributed by atoms with E-state index in [9.17, 15) is 10.5 Å². The Balaban J connectivity index is 3.46. The maximum atomic E-state index is 9.48. The Bertz CT molecular complexity index is 585. The van der Waals surface area contributed by atoms with Gasteiger partial charge in [-0.3, -0.25) is 0 Å². The molecule has 0 radical (unpaired) electrons. The van der Waals surface area contributed by atoms with Gasteiger partial charge in [-0.25, -0.2) is 9.97 Å². The first-order chi connectivity index (χ1) is 13.7. The Hall–Kier alpha value is -2.34. The molecule has 6 nitrogen and oxygen atoms in total. The van der Waals surface area contributed by atoms with Crippen LogP contribution in [0.2, 0.25) is 0 Å². The average Bonchev–Trinajstić information content (AvgIpc) is 2.73. The Labute approximate surface area is 171 Å². The molecular weight excluding hydrogens is 348 g/mol. The molecule has 0 saturated carbocycles. The first-order valence-corrected chi connectivity index (χ1v) is 10.9. The summed E-state index contributed by atoms with van der Waals surface area (Å²) in [5, 5.41) is 19.0. The van der Waals surface area contributed by atoms with E-state index in [1.54, 1.807) is 0 Å². The van der Waals surface area contributed by atoms with Gasteiger partial charge in [0.25, 0.3) is 0 Å². The number of anilines is 2. The van der Waals surface area contributed by atoms with Crippen molar-refractivity contribution in [3.63, 3.8) is 0 Å². The van der Waals surface area contributed by atoms with Crippen molar-refractivity contribution >= 4 is 11.6 Å². The molecule has 1 aromatic rings. The molecule has 0 amide bonds. The quantitative estimate of drug-likeness (QED) is 0.447. The van der Waals surface area contributed by atoms with Crippen LogP contribution in [-0.4, -0.2) is 36.1 Å². The number of rotatable bonds is 14. The van der Waals surface area contributed by atoms with E-state index in [4.69, 9.17) is 0 Å². The van der Waals surface area contributed by atoms with Crippen LogP contribution < -0.4 is 9.80 Å². The molecule has 1 rings (SSSR count). The zero-order valence-electron chi connectivity index (χ0n) is 18.2. The molecule has 0 aliphatic heterocycles. The van der Waals surface area contributed by atoms with E-state index in [1.807, 2.05) is 0 Å². The smallest absolute Gasteiger partial charge is 0.179 e. The van der Waals surface area contributed by atoms with E-state index < -0.39 is 0 Å². The Kier molecular flexibility index (Phi) is 11.7. The van der Waals surface area contributed by atoms with Gasteiger partial charge in [-0.15, -0.1) is 0 Å². The molecule has 0 unspecified atom stereocenters. The highest BCUT2D eigenvalue weighted by molar-refractivity contribution is 5.65. The fourth-order valence-corrected chi connectivity index (χ4v) is 3.04. The maximum Gasteiger partial charge on any atom is 0.179 e. The molecule has 0 fully saturated rings. The van der Waals surface area contributed by atoms with E-state index in [2.05, 4.69) is 59.6 Å². The number of hydrogen-bond donors (Lipinski definition) is 0. The summed E-state index contributed by atoms with van der Waals surface area (Å²) in [6, 6.07) is 4.13. The van der Waals surface area contributed by atoms with Crippen LogP contribution in [0.3, 0.4) is 0 Å². The molecule has 0 N–H and O–H groups in total. The molecule has 0 atom stereocenters. The summed E-state index contributed by atoms with van der Waals surface area (Å²) in [5.41, 5.74) is 0.260. The molecule has 154 valence electrons. The second-order valence-electron chi connectivity index (χ2n) is 7.18. The van der Waals surface area contributed by atoms with Gasteiger partial charge in [-0.05, 0) is 25.7 Å². The molecule has 28 heavy (non-hydrogen) atoms. The predicted molar refractivity (Wildman–Crippen MR) is 116 cm³/mol. The van der Waals surface area contributed by atoms with Crippen molar-refractivity contribution in [3.05, 3.63) is 11.4 Å². The van der Waals surface area contributed by atoms with E-state index >= 15 is 0 Å². The molecule has 0 bridgehead atoms. The summed E-state index contributed by atoms with van der Waals surface area (Å²) < 4.78 is 0. The van der Waals surface area contributed by atoms with Crippen molar-refractivity contribution in [1.29, 1.82) is 10.5 Å². The standard InChI is InChI=1S/C22H36N6/c1-5-9-13-27(14-10-6-2)21-22(26-20(18-24)19(17-23)25-21)28(15-11-7-3)16-12-8-4/h5-16H2,1-4H3. The zero-order valence-corrected chi connectivity index (χ0v) is 18.2. The molecule has 1 aromatic heterocycles. The second-order valence-corrected chi connectivity index (χ2v) is 7.18. The molecule has 0 aliphatic carbocycles. The van der Waals surface area contributed by atoms with Crippen LogP contribution in [0.4, 0.5) is 11.6 Å². The van der Waals surface area contributed by atoms with Gasteiger partial charge in [0, 0.05) is 26.2 Å². The van der Waals surface area contributed by atoms with E-state index in [1.165, 1.54) is 0 Å². The average molecular weight is 385 g/mol. The summed E-state index contributed by atoms with van der Waals surface area (Å²) in [7, 11) is 0. The number of unbranched alkanes of at least 4 members (excludes halogenated alkanes) is 4. The maximum absolute atomic E-state index is 9.48. The van der Waals surface area contributed by atoms with E-state index in [0.29, 0.717) is 0 Å². The number of hydrogen-bond acceptors (Lipinski definition) is 6. The van der Waals surface area contributed by atoms with Gasteiger partial charge >= 0.3 is 0 Å². The van der Waals surface area contributed by atoms with Gasteiger partial charge in [0.1, 0.15) is 12.1 Å². The lowest BCUT2D eigenvalue weighted by atomic mass is 10.2. The van der Waals surface area contributed by atoms with Crippen molar-refractivity contribution in [1.82, 2.24) is 9.97 Å². The molecule has 0 aromatic carbocycles. The monoisotopic (exact) mass is 384 g/mol. The van der Waals surface area contributed by atoms with Gasteiger partial charge < -0.3 is 9.80 Å². The SMILES string of the molecule is CCCCN(CCCC)c1nc(C#N)c(C#N)nc1N(CCCC)CCCC. The summed E-state index contributed by atoms with van der Waals surface area (Å²) in [6.45, 7) is 12.3. The van der Waals surface area contributed by atoms with Gasteiger partial charge in [0.15, 0.2) is 23.0 Å². The lowest BCUT2D eigenvalue weighted by Gasteiger charge is -2.31. The van der Waals surface area contributed by atoms with Crippen LogP contribution in [0.15, 0.2) is 0 Å². The second kappa shape index (κ2) is 13.8. The van der Waals surface area contributed by atoms with E-state index in [-0.39, 0.29) is 11.4 Å². The number of nitriles is 2. The minimum Gasteiger partial charge on any atom is -0.354 e. The third kappa shape index (κ3) is 7.00. The van der Waals surface area contributed by atoms with Crippen molar-refractivity contribution in [2.75, 3.05) is 36.0 Å². The summed E-state index contributed by atoms with van der Waals surface area (Å²) in [4.78, 5) is 13.8. The highest BCUT2D eigenvalue weighted by atomic mass is 15.3. The van der Waals surface area contributed by atoms with Crippen LogP contribution in [0.1, 0.15) is 90.4 Å². The zero-order chi connectivity index (χ0) is 20.8. The van der Waals surface area contributed by atoms with Crippen molar-refractivity contribution in [2.45, 2.75) is 79.1 Å². The Morgan fingerprint density at radius 3 is 1.11 bits per heavy atom. The van der Waals surface area contributed by atoms with E-state index in [0.717, 1.165) is 89.2 Å². The van der Waals surface area contributed by atoms with Crippen molar-refractivity contribution in [3.8, 4) is 12.1 Å². The van der Waals surface area contributed by atoms with Gasteiger partial charge in [0.05, 0.1) is 0 Å². The minimum absolute atomic E-state index is 0.130. The highest BCUT2D eigenvalue weighted by Gasteiger charge is 2.22. The number of aromatic nitrogens is 2. The largest absolute Gasteiger partial charge is 0.354 e. The summed E-state index contributed by atoms with van der Waals surface area (Å²) in [6.07, 6.45) is 8.66. The Morgan fingerprint density at radius 2 is 0.893 bits per heavy atom. The van der Waals surface area contributed by atoms with Gasteiger partial charge in [-0.2, -0.15) is 10.5 Å². The predicted octanol–water partition coefficient (Wildman–Crippen LogP) is 5.03. The number of nitrogens with zero attached hydrogens (tertiary/aromatic N) is 6. The van der Waals surface area contributed by atoms with Crippen LogP contribution in [0.25, 0.3) is 0 Å². The van der Waals surface area contributed by atoms with Crippen LogP contribution in [0, 0.1) is 22.7 Å². The molecular formula is C22H36N6. The van der Waals surface area contributed by atoms with Gasteiger partial charge in [0.2, 0.25) is 0 Å². The van der Waals surface area contributed by atoms with Crippen LogP contribution in [0.5, 0.6) is 0 Å². The fraction of sp³-hybridized carbons (Fsp3) is 0.727. The normalized spacial score (nSPS) is 10.4. The van der Waals surface area contributed by atoms with Crippen molar-refractivity contribution < 1.29 is 0 Å². The molecule has 0 aliphatic rings. The third-order valence-corrected chi connectivity index (χ3v) is 4.80. The minimum atomic E-state index is 0.130. The fourth-order valence-electron chi connectivity index (χ4n) is 3.04. The van der Waals surface area contributed by atoms with Crippen LogP contribution in [-0.2, 0) is 0 Å². The molecule has 0 saturated heterocycles. The first kappa shape index (κ1) is 23.7. The Morgan fingerprint density at radius 1 is 0.607 bits per heavy atom. The molecule has 6 heteroatoms. The van der Waals surface area contributed by atoms with Crippen LogP contribution >= 0.6 is 0 Å². The van der Waals surface area contributed by atoms with Gasteiger partial charge in [-0.1, -0.05) is 53.4 Å². The van der Waals surface area contributed by atoms with Crippen molar-refractivity contribution in [2.24, 2.45) is 0 Å². The summed E-state index contributed by atoms with van der Waals surface area (Å²) in [5.74, 6) is 1.54. The lowest BCUT2D eigenvalue weighted by Crippen LogP contribution is -2.33. The lowest BCUT2D eigenvalue weighted by molar-refractivity contribution is 0.649. The molecule has 1 heterocycles. The topological polar surface area (TPSA) is 79.8 Å². The highest BCUT2D eigenvalue weighted by Crippen LogP contribution is 2.28. The third-order valence-electron chi connectivity index (χ3n) is 4.80. The molecule has 0 spiro atoms.